The number of benzene rings is 1. The van der Waals surface area contributed by atoms with Crippen LogP contribution < -0.4 is 14.8 Å². The van der Waals surface area contributed by atoms with Crippen molar-refractivity contribution in [1.82, 2.24) is 10.2 Å². The molecular formula is C14H17F3N2O2. The fourth-order valence-electron chi connectivity index (χ4n) is 2.88. The molecule has 0 spiro atoms. The van der Waals surface area contributed by atoms with Gasteiger partial charge in [-0.1, -0.05) is 12.1 Å². The Labute approximate surface area is 120 Å². The van der Waals surface area contributed by atoms with Gasteiger partial charge in [-0.25, -0.2) is 0 Å². The maximum atomic E-state index is 13.3. The van der Waals surface area contributed by atoms with Gasteiger partial charge in [-0.2, -0.15) is 0 Å². The van der Waals surface area contributed by atoms with E-state index in [1.165, 1.54) is 6.07 Å². The van der Waals surface area contributed by atoms with Crippen molar-refractivity contribution >= 4 is 0 Å². The van der Waals surface area contributed by atoms with Gasteiger partial charge in [0, 0.05) is 37.8 Å². The van der Waals surface area contributed by atoms with Gasteiger partial charge in [0.15, 0.2) is 11.5 Å². The highest BCUT2D eigenvalue weighted by molar-refractivity contribution is 5.50. The fourth-order valence-corrected chi connectivity index (χ4v) is 2.88. The van der Waals surface area contributed by atoms with E-state index in [9.17, 15) is 13.2 Å². The van der Waals surface area contributed by atoms with E-state index in [-0.39, 0.29) is 24.0 Å². The van der Waals surface area contributed by atoms with Gasteiger partial charge in [0.25, 0.3) is 0 Å². The van der Waals surface area contributed by atoms with E-state index in [0.717, 1.165) is 26.2 Å². The molecule has 2 aliphatic rings. The van der Waals surface area contributed by atoms with Gasteiger partial charge in [-0.05, 0) is 12.5 Å². The zero-order valence-corrected chi connectivity index (χ0v) is 11.4. The molecule has 2 aliphatic heterocycles. The molecule has 0 aromatic heterocycles. The van der Waals surface area contributed by atoms with Gasteiger partial charge in [0.05, 0.1) is 6.67 Å². The lowest BCUT2D eigenvalue weighted by molar-refractivity contribution is -0.287. The highest BCUT2D eigenvalue weighted by Gasteiger charge is 2.45. The van der Waals surface area contributed by atoms with Crippen LogP contribution in [0.15, 0.2) is 18.2 Å². The van der Waals surface area contributed by atoms with Gasteiger partial charge in [0.2, 0.25) is 0 Å². The second-order valence-electron chi connectivity index (χ2n) is 5.12. The summed E-state index contributed by atoms with van der Waals surface area (Å²) in [6, 6.07) is 4.48. The summed E-state index contributed by atoms with van der Waals surface area (Å²) in [6.07, 6.45) is -3.41. The minimum absolute atomic E-state index is 0.0106. The summed E-state index contributed by atoms with van der Waals surface area (Å²) in [4.78, 5) is 2.09. The summed E-state index contributed by atoms with van der Waals surface area (Å²) in [6.45, 7) is 2.56. The Kier molecular flexibility index (Phi) is 3.95. The number of alkyl halides is 3. The van der Waals surface area contributed by atoms with Crippen LogP contribution in [0.25, 0.3) is 0 Å². The highest BCUT2D eigenvalue weighted by atomic mass is 19.3. The Balaban J connectivity index is 1.92. The van der Waals surface area contributed by atoms with Gasteiger partial charge in [-0.3, -0.25) is 9.29 Å². The molecule has 1 aromatic rings. The molecule has 0 saturated carbocycles. The Morgan fingerprint density at radius 2 is 2.00 bits per heavy atom. The first-order chi connectivity index (χ1) is 10.1. The predicted octanol–water partition coefficient (Wildman–Crippen LogP) is 2.31. The molecule has 7 heteroatoms. The summed E-state index contributed by atoms with van der Waals surface area (Å²) >= 11 is 0. The van der Waals surface area contributed by atoms with Crippen molar-refractivity contribution < 1.29 is 22.6 Å². The molecule has 21 heavy (non-hydrogen) atoms. The molecule has 2 heterocycles. The smallest absolute Gasteiger partial charge is 0.395 e. The number of halogens is 3. The van der Waals surface area contributed by atoms with E-state index in [0.29, 0.717) is 5.56 Å². The Hall–Kier alpha value is -1.47. The Bertz CT molecular complexity index is 507. The largest absolute Gasteiger partial charge is 0.586 e. The van der Waals surface area contributed by atoms with Gasteiger partial charge in [0.1, 0.15) is 0 Å². The van der Waals surface area contributed by atoms with Crippen LogP contribution in [0, 0.1) is 0 Å². The number of fused-ring (bicyclic) bond motifs is 1. The van der Waals surface area contributed by atoms with Gasteiger partial charge < -0.3 is 14.8 Å². The van der Waals surface area contributed by atoms with Gasteiger partial charge in [-0.15, -0.1) is 8.78 Å². The second-order valence-corrected chi connectivity index (χ2v) is 5.12. The Morgan fingerprint density at radius 3 is 2.71 bits per heavy atom. The first-order valence-corrected chi connectivity index (χ1v) is 7.00. The topological polar surface area (TPSA) is 33.7 Å². The number of hydrogen-bond donors (Lipinski definition) is 1. The first-order valence-electron chi connectivity index (χ1n) is 7.00. The quantitative estimate of drug-likeness (QED) is 0.925. The van der Waals surface area contributed by atoms with E-state index in [2.05, 4.69) is 19.7 Å². The number of nitrogens with zero attached hydrogens (tertiary/aromatic N) is 1. The minimum Gasteiger partial charge on any atom is -0.395 e. The highest BCUT2D eigenvalue weighted by Crippen LogP contribution is 2.46. The zero-order valence-electron chi connectivity index (χ0n) is 11.4. The standard InChI is InChI=1S/C14H17F3N2O2/c15-5-4-11(19-8-6-18-7-9-19)10-2-1-3-12-13(10)21-14(16,17)20-12/h1-3,11,18H,4-9H2/t11-/m1/s1. The second kappa shape index (κ2) is 5.73. The molecule has 4 nitrogen and oxygen atoms in total. The molecule has 1 atom stereocenters. The molecule has 116 valence electrons. The van der Waals surface area contributed by atoms with Crippen LogP contribution in [0.4, 0.5) is 13.2 Å². The third-order valence-electron chi connectivity index (χ3n) is 3.79. The van der Waals surface area contributed by atoms with Crippen LogP contribution in [-0.2, 0) is 0 Å². The number of para-hydroxylation sites is 1. The number of nitrogens with one attached hydrogen (secondary N) is 1. The number of piperazine rings is 1. The van der Waals surface area contributed by atoms with Crippen molar-refractivity contribution in [2.45, 2.75) is 18.8 Å². The maximum absolute atomic E-state index is 13.3. The summed E-state index contributed by atoms with van der Waals surface area (Å²) in [5.74, 6) is 0.0379. The number of ether oxygens (including phenoxy) is 2. The summed E-state index contributed by atoms with van der Waals surface area (Å²) in [7, 11) is 0. The molecule has 0 unspecified atom stereocenters. The van der Waals surface area contributed by atoms with Crippen molar-refractivity contribution in [2.24, 2.45) is 0 Å². The van der Waals surface area contributed by atoms with E-state index in [4.69, 9.17) is 0 Å². The molecule has 3 rings (SSSR count). The molecule has 1 fully saturated rings. The SMILES string of the molecule is FCC[C@H](c1cccc2c1OC(F)(F)O2)N1CCNCC1. The van der Waals surface area contributed by atoms with Crippen LogP contribution in [-0.4, -0.2) is 44.0 Å². The molecule has 0 bridgehead atoms. The average Bonchev–Trinajstić information content (AvgIpc) is 2.79. The minimum atomic E-state index is -3.65. The molecule has 1 saturated heterocycles. The van der Waals surface area contributed by atoms with Gasteiger partial charge >= 0.3 is 6.29 Å². The first kappa shape index (κ1) is 14.5. The maximum Gasteiger partial charge on any atom is 0.586 e. The fraction of sp³-hybridized carbons (Fsp3) is 0.571. The lowest BCUT2D eigenvalue weighted by Gasteiger charge is -2.35. The summed E-state index contributed by atoms with van der Waals surface area (Å²) in [5, 5.41) is 3.22. The lowest BCUT2D eigenvalue weighted by Crippen LogP contribution is -2.45. The third kappa shape index (κ3) is 2.94. The van der Waals surface area contributed by atoms with Crippen LogP contribution >= 0.6 is 0 Å². The average molecular weight is 302 g/mol. The van der Waals surface area contributed by atoms with E-state index >= 15 is 0 Å². The molecule has 1 aromatic carbocycles. The van der Waals surface area contributed by atoms with E-state index < -0.39 is 13.0 Å². The van der Waals surface area contributed by atoms with Crippen LogP contribution in [0.1, 0.15) is 18.0 Å². The third-order valence-corrected chi connectivity index (χ3v) is 3.79. The van der Waals surface area contributed by atoms with Crippen molar-refractivity contribution in [3.63, 3.8) is 0 Å². The number of rotatable bonds is 4. The molecule has 0 radical (unpaired) electrons. The monoisotopic (exact) mass is 302 g/mol. The van der Waals surface area contributed by atoms with Crippen molar-refractivity contribution in [3.8, 4) is 11.5 Å². The van der Waals surface area contributed by atoms with Crippen molar-refractivity contribution in [3.05, 3.63) is 23.8 Å². The zero-order chi connectivity index (χ0) is 14.9. The summed E-state index contributed by atoms with van der Waals surface area (Å²) < 4.78 is 48.6. The molecule has 0 aliphatic carbocycles. The Morgan fingerprint density at radius 1 is 1.24 bits per heavy atom. The normalized spacial score (nSPS) is 22.2. The van der Waals surface area contributed by atoms with Crippen LogP contribution in [0.5, 0.6) is 11.5 Å². The molecule has 0 amide bonds. The summed E-state index contributed by atoms with van der Waals surface area (Å²) in [5.41, 5.74) is 0.559. The number of hydrogen-bond acceptors (Lipinski definition) is 4. The van der Waals surface area contributed by atoms with Crippen molar-refractivity contribution in [1.29, 1.82) is 0 Å². The van der Waals surface area contributed by atoms with Crippen LogP contribution in [0.2, 0.25) is 0 Å². The van der Waals surface area contributed by atoms with E-state index in [1.54, 1.807) is 12.1 Å². The van der Waals surface area contributed by atoms with Crippen LogP contribution in [0.3, 0.4) is 0 Å². The van der Waals surface area contributed by atoms with E-state index in [1.807, 2.05) is 0 Å². The molecule has 1 N–H and O–H groups in total. The predicted molar refractivity (Wildman–Crippen MR) is 70.4 cm³/mol. The molecular weight excluding hydrogens is 285 g/mol. The van der Waals surface area contributed by atoms with Crippen molar-refractivity contribution in [2.75, 3.05) is 32.9 Å². The lowest BCUT2D eigenvalue weighted by atomic mass is 10.00.